The van der Waals surface area contributed by atoms with Crippen LogP contribution in [0.1, 0.15) is 91.2 Å². The summed E-state index contributed by atoms with van der Waals surface area (Å²) in [6.07, 6.45) is 10.3. The van der Waals surface area contributed by atoms with Gasteiger partial charge in [-0.15, -0.1) is 0 Å². The Bertz CT molecular complexity index is 3190. The first-order chi connectivity index (χ1) is 41.8. The first-order valence-electron chi connectivity index (χ1n) is 32.0. The van der Waals surface area contributed by atoms with Gasteiger partial charge in [-0.2, -0.15) is 0 Å². The molecule has 7 rings (SSSR count). The molecule has 0 amide bonds. The summed E-state index contributed by atoms with van der Waals surface area (Å²) in [5, 5.41) is 0. The summed E-state index contributed by atoms with van der Waals surface area (Å²) in [7, 11) is -7.53. The minimum atomic E-state index is -1.79. The van der Waals surface area contributed by atoms with Gasteiger partial charge in [0.05, 0.1) is 7.59 Å². The number of benzene rings is 6. The van der Waals surface area contributed by atoms with Gasteiger partial charge in [-0.25, -0.2) is 14.4 Å². The molecular formula is C69H98O12Si7. The topological polar surface area (TPSA) is 134 Å². The van der Waals surface area contributed by atoms with E-state index in [1.807, 2.05) is 116 Å². The molecule has 0 saturated heterocycles. The maximum atomic E-state index is 13.3. The molecule has 0 radical (unpaired) electrons. The zero-order valence-electron chi connectivity index (χ0n) is 54.7. The van der Waals surface area contributed by atoms with E-state index in [-0.39, 0.29) is 14.5 Å². The molecule has 88 heavy (non-hydrogen) atoms. The fraction of sp³-hybridized carbons (Fsp3) is 0.435. The number of ether oxygens (including phenoxy) is 6. The van der Waals surface area contributed by atoms with Crippen molar-refractivity contribution in [3.8, 4) is 34.5 Å². The molecule has 19 heteroatoms. The SMILES string of the molecule is CO[Si](C)(C)[Si](C)(C)CCCc1ccccc1OC(=O)Oc1cccc(CCC[SiH2][Si](C)(C)O[SiH2]CCCc2ccccc2OC(=O)Oc2ccc(C3(c4ccc(OC(=O)Oc5ccccc5CCC[Si](C)(C)O[Si](C)(C)C)cc4)CCCCC3)cc2)c1. The number of hydrogen-bond donors (Lipinski definition) is 0. The van der Waals surface area contributed by atoms with Gasteiger partial charge in [0.1, 0.15) is 44.3 Å². The van der Waals surface area contributed by atoms with Crippen molar-refractivity contribution >= 4 is 77.2 Å². The Morgan fingerprint density at radius 2 is 0.920 bits per heavy atom. The molecule has 0 spiro atoms. The van der Waals surface area contributed by atoms with Crippen LogP contribution in [-0.4, -0.2) is 84.3 Å². The zero-order valence-corrected chi connectivity index (χ0v) is 62.5. The lowest BCUT2D eigenvalue weighted by molar-refractivity contribution is 0.150. The molecule has 6 aromatic rings. The lowest BCUT2D eigenvalue weighted by Gasteiger charge is -2.38. The molecule has 12 nitrogen and oxygen atoms in total. The molecule has 1 aliphatic carbocycles. The molecule has 0 aromatic heterocycles. The maximum absolute atomic E-state index is 13.3. The lowest BCUT2D eigenvalue weighted by atomic mass is 9.65. The molecule has 0 heterocycles. The highest BCUT2D eigenvalue weighted by Crippen LogP contribution is 2.46. The maximum Gasteiger partial charge on any atom is 0.519 e. The van der Waals surface area contributed by atoms with E-state index < -0.39 is 68.1 Å². The van der Waals surface area contributed by atoms with Gasteiger partial charge in [0, 0.05) is 21.6 Å². The highest BCUT2D eigenvalue weighted by molar-refractivity contribution is 7.38. The zero-order chi connectivity index (χ0) is 63.4. The van der Waals surface area contributed by atoms with Crippen molar-refractivity contribution in [2.24, 2.45) is 0 Å². The molecule has 0 aliphatic heterocycles. The second kappa shape index (κ2) is 32.5. The minimum Gasteiger partial charge on any atom is -0.463 e. The third kappa shape index (κ3) is 21.9. The van der Waals surface area contributed by atoms with Gasteiger partial charge in [0.25, 0.3) is 0 Å². The number of aryl methyl sites for hydroxylation is 4. The fourth-order valence-electron chi connectivity index (χ4n) is 12.0. The van der Waals surface area contributed by atoms with Crippen molar-refractivity contribution in [1.29, 1.82) is 0 Å². The van der Waals surface area contributed by atoms with E-state index in [1.165, 1.54) is 12.5 Å². The summed E-state index contributed by atoms with van der Waals surface area (Å²) in [6, 6.07) is 51.0. The third-order valence-corrected chi connectivity index (χ3v) is 54.1. The summed E-state index contributed by atoms with van der Waals surface area (Å²) >= 11 is 0. The predicted octanol–water partition coefficient (Wildman–Crippen LogP) is 17.6. The molecular weight excluding hydrogens is 1220 g/mol. The van der Waals surface area contributed by atoms with Gasteiger partial charge >= 0.3 is 18.5 Å². The number of carbonyl (C=O) groups excluding carboxylic acids is 3. The monoisotopic (exact) mass is 1310 g/mol. The third-order valence-electron chi connectivity index (χ3n) is 17.5. The molecule has 1 aliphatic rings. The summed E-state index contributed by atoms with van der Waals surface area (Å²) in [5.41, 5.74) is 6.13. The Balaban J connectivity index is 0.811. The van der Waals surface area contributed by atoms with E-state index in [0.29, 0.717) is 34.5 Å². The largest absolute Gasteiger partial charge is 0.519 e. The van der Waals surface area contributed by atoms with Crippen molar-refractivity contribution in [3.63, 3.8) is 0 Å². The van der Waals surface area contributed by atoms with Crippen LogP contribution in [0.5, 0.6) is 34.5 Å². The summed E-state index contributed by atoms with van der Waals surface area (Å²) < 4.78 is 53.8. The van der Waals surface area contributed by atoms with Crippen LogP contribution in [-0.2, 0) is 43.8 Å². The molecule has 474 valence electrons. The fourth-order valence-corrected chi connectivity index (χ4v) is 37.3. The van der Waals surface area contributed by atoms with Gasteiger partial charge in [-0.3, -0.25) is 0 Å². The highest BCUT2D eigenvalue weighted by Gasteiger charge is 2.41. The van der Waals surface area contributed by atoms with Crippen molar-refractivity contribution in [3.05, 3.63) is 179 Å². The first kappa shape index (κ1) is 70.0. The van der Waals surface area contributed by atoms with Crippen LogP contribution < -0.4 is 28.4 Å². The Kier molecular flexibility index (Phi) is 25.9. The van der Waals surface area contributed by atoms with Gasteiger partial charge in [-0.1, -0.05) is 148 Å². The van der Waals surface area contributed by atoms with Crippen LogP contribution >= 0.6 is 0 Å². The van der Waals surface area contributed by atoms with E-state index in [2.05, 4.69) is 102 Å². The van der Waals surface area contributed by atoms with E-state index in [9.17, 15) is 14.4 Å². The quantitative estimate of drug-likeness (QED) is 0.0177. The molecule has 0 N–H and O–H groups in total. The number of para-hydroxylation sites is 3. The van der Waals surface area contributed by atoms with Crippen molar-refractivity contribution in [1.82, 2.24) is 0 Å². The molecule has 0 unspecified atom stereocenters. The number of hydrogen-bond acceptors (Lipinski definition) is 12. The van der Waals surface area contributed by atoms with E-state index in [4.69, 9.17) is 41.1 Å². The molecule has 1 saturated carbocycles. The Morgan fingerprint density at radius 1 is 0.466 bits per heavy atom. The van der Waals surface area contributed by atoms with Crippen LogP contribution in [0.3, 0.4) is 0 Å². The standard InChI is InChI=1S/C69H98O12Si7/c1-73-88(11,12)86(7,8)52-26-34-57-31-16-19-38-65(57)79-68(72)76-62-35-22-27-54(53-62)28-23-50-83-87(9,10)80-82-49-24-32-55-29-14-17-36-63(55)77-66(70)74-60-43-39-58(40-44-60)69(47-20-13-21-48-69)59-41-45-61(46-42-59)75-67(71)78-64-37-18-15-30-56(64)33-25-51-85(5,6)81-84(2,3)4/h14-19,22,27,29-31,35-46,53H,13,20-21,23-26,28,32-34,47-52,82-83H2,1-12H3. The number of carbonyl (C=O) groups is 3. The van der Waals surface area contributed by atoms with Gasteiger partial charge < -0.3 is 41.1 Å². The molecule has 6 aromatic carbocycles. The summed E-state index contributed by atoms with van der Waals surface area (Å²) in [5.74, 6) is 2.89. The Labute approximate surface area is 535 Å². The highest BCUT2D eigenvalue weighted by atomic mass is 29.3. The lowest BCUT2D eigenvalue weighted by Crippen LogP contribution is -2.56. The van der Waals surface area contributed by atoms with Crippen LogP contribution in [0.2, 0.25) is 96.2 Å². The average Bonchev–Trinajstić information content (AvgIpc) is 1.72. The first-order valence-corrected chi connectivity index (χ1v) is 53.4. The van der Waals surface area contributed by atoms with Crippen molar-refractivity contribution in [2.75, 3.05) is 7.11 Å². The normalized spacial score (nSPS) is 14.0. The second-order valence-electron chi connectivity index (χ2n) is 27.1. The second-order valence-corrected chi connectivity index (χ2v) is 65.1. The molecule has 0 bridgehead atoms. The van der Waals surface area contributed by atoms with Crippen LogP contribution in [0.15, 0.2) is 146 Å². The Morgan fingerprint density at radius 3 is 1.41 bits per heavy atom. The van der Waals surface area contributed by atoms with Crippen molar-refractivity contribution < 1.29 is 55.5 Å². The van der Waals surface area contributed by atoms with Crippen LogP contribution in [0, 0.1) is 0 Å². The van der Waals surface area contributed by atoms with Crippen molar-refractivity contribution in [2.45, 2.75) is 185 Å². The van der Waals surface area contributed by atoms with E-state index in [1.54, 1.807) is 6.07 Å². The van der Waals surface area contributed by atoms with E-state index >= 15 is 0 Å². The Hall–Kier alpha value is -5.47. The summed E-state index contributed by atoms with van der Waals surface area (Å²) in [4.78, 5) is 39.5. The van der Waals surface area contributed by atoms with Gasteiger partial charge in [-0.05, 0) is 210 Å². The minimum absolute atomic E-state index is 0.246. The van der Waals surface area contributed by atoms with E-state index in [0.717, 1.165) is 129 Å². The summed E-state index contributed by atoms with van der Waals surface area (Å²) in [6.45, 7) is 25.6. The van der Waals surface area contributed by atoms with Crippen LogP contribution in [0.25, 0.3) is 0 Å². The van der Waals surface area contributed by atoms with Gasteiger partial charge in [0.2, 0.25) is 0 Å². The molecule has 1 fully saturated rings. The van der Waals surface area contributed by atoms with Crippen LogP contribution in [0.4, 0.5) is 14.4 Å². The van der Waals surface area contributed by atoms with Gasteiger partial charge in [0.15, 0.2) is 32.3 Å². The smallest absolute Gasteiger partial charge is 0.463 e. The average molecular weight is 1320 g/mol. The predicted molar refractivity (Wildman–Crippen MR) is 375 cm³/mol. The number of rotatable bonds is 31. The molecule has 0 atom stereocenters.